The van der Waals surface area contributed by atoms with Gasteiger partial charge in [-0.2, -0.15) is 0 Å². The molecule has 2 N–H and O–H groups in total. The van der Waals surface area contributed by atoms with Crippen molar-refractivity contribution >= 4 is 22.5 Å². The zero-order valence-corrected chi connectivity index (χ0v) is 12.2. The first kappa shape index (κ1) is 13.9. The van der Waals surface area contributed by atoms with Crippen molar-refractivity contribution in [3.63, 3.8) is 0 Å². The van der Waals surface area contributed by atoms with Gasteiger partial charge in [0, 0.05) is 16.6 Å². The Morgan fingerprint density at radius 1 is 1.10 bits per heavy atom. The molecule has 0 amide bonds. The molecule has 106 valence electrons. The third-order valence-corrected chi connectivity index (χ3v) is 3.61. The Bertz CT molecular complexity index is 768. The van der Waals surface area contributed by atoms with Gasteiger partial charge >= 0.3 is 0 Å². The number of hydrogen-bond donors (Lipinski definition) is 1. The van der Waals surface area contributed by atoms with Crippen molar-refractivity contribution in [3.05, 3.63) is 65.3 Å². The summed E-state index contributed by atoms with van der Waals surface area (Å²) < 4.78 is 5.93. The van der Waals surface area contributed by atoms with Gasteiger partial charge in [0.05, 0.1) is 0 Å². The smallest absolute Gasteiger partial charge is 0.153 e. The molecular weight excluding hydrogens is 284 g/mol. The maximum Gasteiger partial charge on any atom is 0.153 e. The minimum Gasteiger partial charge on any atom is -0.455 e. The van der Waals surface area contributed by atoms with Crippen LogP contribution in [0.4, 0.5) is 0 Å². The highest BCUT2D eigenvalue weighted by Gasteiger charge is 2.06. The first-order valence-electron chi connectivity index (χ1n) is 6.78. The summed E-state index contributed by atoms with van der Waals surface area (Å²) >= 11 is 6.24. The van der Waals surface area contributed by atoms with Gasteiger partial charge in [-0.15, -0.1) is 0 Å². The molecule has 3 aromatic rings. The molecule has 0 fully saturated rings. The number of hydrogen-bond acceptors (Lipinski definition) is 3. The number of aromatic nitrogens is 1. The van der Waals surface area contributed by atoms with E-state index in [2.05, 4.69) is 4.98 Å². The standard InChI is InChI=1S/C17H15ClN2O/c18-15-11-14(7-6-12(15)8-9-19)21-16-5-1-3-13-4-2-10-20-17(13)16/h1-7,10-11H,8-9,19H2. The Hall–Kier alpha value is -2.10. The third kappa shape index (κ3) is 2.99. The highest BCUT2D eigenvalue weighted by Crippen LogP contribution is 2.30. The monoisotopic (exact) mass is 298 g/mol. The first-order valence-corrected chi connectivity index (χ1v) is 7.16. The van der Waals surface area contributed by atoms with E-state index >= 15 is 0 Å². The van der Waals surface area contributed by atoms with Crippen molar-refractivity contribution in [2.24, 2.45) is 5.73 Å². The van der Waals surface area contributed by atoms with Gasteiger partial charge in [0.1, 0.15) is 11.3 Å². The molecule has 3 rings (SSSR count). The van der Waals surface area contributed by atoms with E-state index < -0.39 is 0 Å². The van der Waals surface area contributed by atoms with Crippen LogP contribution in [0.3, 0.4) is 0 Å². The van der Waals surface area contributed by atoms with Crippen LogP contribution >= 0.6 is 11.6 Å². The SMILES string of the molecule is NCCc1ccc(Oc2cccc3cccnc23)cc1Cl. The van der Waals surface area contributed by atoms with Gasteiger partial charge in [-0.3, -0.25) is 4.98 Å². The highest BCUT2D eigenvalue weighted by molar-refractivity contribution is 6.31. The van der Waals surface area contributed by atoms with E-state index in [0.29, 0.717) is 17.3 Å². The fourth-order valence-electron chi connectivity index (χ4n) is 2.24. The number of halogens is 1. The van der Waals surface area contributed by atoms with Gasteiger partial charge in [0.25, 0.3) is 0 Å². The van der Waals surface area contributed by atoms with Crippen molar-refractivity contribution < 1.29 is 4.74 Å². The number of benzene rings is 2. The van der Waals surface area contributed by atoms with Crippen LogP contribution < -0.4 is 10.5 Å². The maximum absolute atomic E-state index is 6.24. The second-order valence-corrected chi connectivity index (χ2v) is 5.13. The summed E-state index contributed by atoms with van der Waals surface area (Å²) in [5.74, 6) is 1.41. The molecule has 0 aliphatic carbocycles. The van der Waals surface area contributed by atoms with E-state index in [1.807, 2.05) is 48.5 Å². The fourth-order valence-corrected chi connectivity index (χ4v) is 2.50. The molecule has 3 nitrogen and oxygen atoms in total. The number of nitrogens with zero attached hydrogens (tertiary/aromatic N) is 1. The molecule has 0 bridgehead atoms. The molecule has 0 atom stereocenters. The van der Waals surface area contributed by atoms with Gasteiger partial charge < -0.3 is 10.5 Å². The summed E-state index contributed by atoms with van der Waals surface area (Å²) in [7, 11) is 0. The van der Waals surface area contributed by atoms with Crippen molar-refractivity contribution in [2.45, 2.75) is 6.42 Å². The molecule has 2 aromatic carbocycles. The second kappa shape index (κ2) is 6.12. The lowest BCUT2D eigenvalue weighted by Gasteiger charge is -2.10. The summed E-state index contributed by atoms with van der Waals surface area (Å²) in [5.41, 5.74) is 7.42. The van der Waals surface area contributed by atoms with E-state index in [1.54, 1.807) is 6.20 Å². The van der Waals surface area contributed by atoms with Gasteiger partial charge in [-0.1, -0.05) is 35.9 Å². The lowest BCUT2D eigenvalue weighted by Crippen LogP contribution is -2.03. The Balaban J connectivity index is 1.93. The van der Waals surface area contributed by atoms with E-state index in [-0.39, 0.29) is 0 Å². The molecule has 21 heavy (non-hydrogen) atoms. The van der Waals surface area contributed by atoms with Crippen LogP contribution in [0.5, 0.6) is 11.5 Å². The predicted molar refractivity (Wildman–Crippen MR) is 86.0 cm³/mol. The molecule has 0 spiro atoms. The number of nitrogens with two attached hydrogens (primary N) is 1. The van der Waals surface area contributed by atoms with Crippen LogP contribution in [-0.2, 0) is 6.42 Å². The van der Waals surface area contributed by atoms with Crippen LogP contribution in [0.25, 0.3) is 10.9 Å². The maximum atomic E-state index is 6.24. The third-order valence-electron chi connectivity index (χ3n) is 3.26. The zero-order valence-electron chi connectivity index (χ0n) is 11.4. The Kier molecular flexibility index (Phi) is 4.04. The van der Waals surface area contributed by atoms with E-state index in [9.17, 15) is 0 Å². The quantitative estimate of drug-likeness (QED) is 0.786. The lowest BCUT2D eigenvalue weighted by molar-refractivity contribution is 0.487. The highest BCUT2D eigenvalue weighted by atomic mass is 35.5. The number of rotatable bonds is 4. The molecule has 1 aromatic heterocycles. The minimum atomic E-state index is 0.577. The molecule has 0 saturated heterocycles. The Morgan fingerprint density at radius 3 is 2.76 bits per heavy atom. The van der Waals surface area contributed by atoms with E-state index in [1.165, 1.54) is 0 Å². The molecule has 0 saturated carbocycles. The van der Waals surface area contributed by atoms with Gasteiger partial charge in [-0.25, -0.2) is 0 Å². The van der Waals surface area contributed by atoms with E-state index in [4.69, 9.17) is 22.1 Å². The van der Waals surface area contributed by atoms with Crippen molar-refractivity contribution in [3.8, 4) is 11.5 Å². The summed E-state index contributed by atoms with van der Waals surface area (Å²) in [4.78, 5) is 4.37. The minimum absolute atomic E-state index is 0.577. The molecule has 0 aliphatic rings. The van der Waals surface area contributed by atoms with Gasteiger partial charge in [-0.05, 0) is 42.8 Å². The molecule has 1 heterocycles. The van der Waals surface area contributed by atoms with Crippen LogP contribution in [0.15, 0.2) is 54.7 Å². The second-order valence-electron chi connectivity index (χ2n) is 4.73. The van der Waals surface area contributed by atoms with Crippen molar-refractivity contribution in [2.75, 3.05) is 6.54 Å². The summed E-state index contributed by atoms with van der Waals surface area (Å²) in [6.45, 7) is 0.577. The van der Waals surface area contributed by atoms with Crippen LogP contribution in [-0.4, -0.2) is 11.5 Å². The van der Waals surface area contributed by atoms with Crippen LogP contribution in [0.1, 0.15) is 5.56 Å². The van der Waals surface area contributed by atoms with Crippen molar-refractivity contribution in [1.29, 1.82) is 0 Å². The van der Waals surface area contributed by atoms with Gasteiger partial charge in [0.15, 0.2) is 5.75 Å². The average molecular weight is 299 g/mol. The molecule has 4 heteroatoms. The Morgan fingerprint density at radius 2 is 1.95 bits per heavy atom. The number of fused-ring (bicyclic) bond motifs is 1. The van der Waals surface area contributed by atoms with Crippen molar-refractivity contribution in [1.82, 2.24) is 4.98 Å². The zero-order chi connectivity index (χ0) is 14.7. The Labute approximate surface area is 128 Å². The summed E-state index contributed by atoms with van der Waals surface area (Å²) in [5, 5.41) is 1.71. The first-order chi connectivity index (χ1) is 10.3. The van der Waals surface area contributed by atoms with Crippen LogP contribution in [0, 0.1) is 0 Å². The number of pyridine rings is 1. The number of para-hydroxylation sites is 1. The average Bonchev–Trinajstić information content (AvgIpc) is 2.51. The fraction of sp³-hybridized carbons (Fsp3) is 0.118. The van der Waals surface area contributed by atoms with Crippen LogP contribution in [0.2, 0.25) is 5.02 Å². The normalized spacial score (nSPS) is 10.8. The molecule has 0 radical (unpaired) electrons. The number of ether oxygens (including phenoxy) is 1. The summed E-state index contributed by atoms with van der Waals surface area (Å²) in [6, 6.07) is 15.4. The topological polar surface area (TPSA) is 48.1 Å². The molecule has 0 aliphatic heterocycles. The van der Waals surface area contributed by atoms with E-state index in [0.717, 1.165) is 28.6 Å². The van der Waals surface area contributed by atoms with Gasteiger partial charge in [0.2, 0.25) is 0 Å². The summed E-state index contributed by atoms with van der Waals surface area (Å²) in [6.07, 6.45) is 2.52. The lowest BCUT2D eigenvalue weighted by atomic mass is 10.1. The molecular formula is C17H15ClN2O. The molecule has 0 unspecified atom stereocenters. The predicted octanol–water partition coefficient (Wildman–Crippen LogP) is 4.18. The largest absolute Gasteiger partial charge is 0.455 e.